The minimum atomic E-state index is -0.412. The minimum absolute atomic E-state index is 0.180. The van der Waals surface area contributed by atoms with E-state index in [9.17, 15) is 4.79 Å². The summed E-state index contributed by atoms with van der Waals surface area (Å²) in [4.78, 5) is 21.5. The minimum Gasteiger partial charge on any atom is -0.444 e. The van der Waals surface area contributed by atoms with Gasteiger partial charge in [0.1, 0.15) is 5.69 Å². The molecule has 0 fully saturated rings. The molecule has 0 atom stereocenters. The van der Waals surface area contributed by atoms with Gasteiger partial charge in [-0.15, -0.1) is 0 Å². The van der Waals surface area contributed by atoms with Crippen LogP contribution in [0.1, 0.15) is 10.6 Å². The predicted molar refractivity (Wildman–Crippen MR) is 102 cm³/mol. The molecule has 6 nitrogen and oxygen atoms in total. The molecule has 26 heavy (non-hydrogen) atoms. The average molecular weight is 409 g/mol. The van der Waals surface area contributed by atoms with E-state index in [0.717, 1.165) is 16.6 Å². The summed E-state index contributed by atoms with van der Waals surface area (Å²) in [6, 6.07) is 20.5. The van der Waals surface area contributed by atoms with E-state index in [2.05, 4.69) is 31.8 Å². The molecule has 4 aromatic rings. The summed E-state index contributed by atoms with van der Waals surface area (Å²) in [6.45, 7) is 0. The van der Waals surface area contributed by atoms with Gasteiger partial charge < -0.3 is 4.42 Å². The topological polar surface area (TPSA) is 80.0 Å². The maximum absolute atomic E-state index is 12.2. The van der Waals surface area contributed by atoms with E-state index in [-0.39, 0.29) is 5.76 Å². The molecule has 0 aliphatic carbocycles. The van der Waals surface area contributed by atoms with Crippen LogP contribution >= 0.6 is 15.9 Å². The maximum Gasteiger partial charge on any atom is 0.305 e. The lowest BCUT2D eigenvalue weighted by Crippen LogP contribution is -2.30. The Hall–Kier alpha value is -3.19. The van der Waals surface area contributed by atoms with Crippen molar-refractivity contribution in [3.63, 3.8) is 0 Å². The highest BCUT2D eigenvalue weighted by Gasteiger charge is 2.14. The number of furan rings is 1. The Morgan fingerprint density at radius 3 is 2.27 bits per heavy atom. The van der Waals surface area contributed by atoms with Crippen LogP contribution in [-0.2, 0) is 0 Å². The van der Waals surface area contributed by atoms with E-state index in [1.807, 2.05) is 54.6 Å². The first-order chi connectivity index (χ1) is 12.7. The molecule has 0 bridgehead atoms. The quantitative estimate of drug-likeness (QED) is 0.488. The SMILES string of the molecule is O=C(NNc1nc2ccccc2nc1-c1ccccc1)c1ccc(Br)o1. The summed E-state index contributed by atoms with van der Waals surface area (Å²) in [5, 5.41) is 0. The van der Waals surface area contributed by atoms with Crippen molar-refractivity contribution in [2.75, 3.05) is 5.43 Å². The van der Waals surface area contributed by atoms with Crippen LogP contribution in [-0.4, -0.2) is 15.9 Å². The van der Waals surface area contributed by atoms with Crippen LogP contribution < -0.4 is 10.9 Å². The first kappa shape index (κ1) is 16.3. The van der Waals surface area contributed by atoms with Crippen molar-refractivity contribution >= 4 is 38.7 Å². The van der Waals surface area contributed by atoms with E-state index < -0.39 is 5.91 Å². The van der Waals surface area contributed by atoms with Crippen molar-refractivity contribution < 1.29 is 9.21 Å². The van der Waals surface area contributed by atoms with Gasteiger partial charge >= 0.3 is 5.91 Å². The number of benzene rings is 2. The fourth-order valence-corrected chi connectivity index (χ4v) is 2.80. The van der Waals surface area contributed by atoms with Crippen molar-refractivity contribution in [1.82, 2.24) is 15.4 Å². The van der Waals surface area contributed by atoms with Crippen LogP contribution in [0, 0.1) is 0 Å². The molecule has 2 N–H and O–H groups in total. The smallest absolute Gasteiger partial charge is 0.305 e. The molecule has 1 amide bonds. The molecule has 2 aromatic carbocycles. The first-order valence-corrected chi connectivity index (χ1v) is 8.64. The number of halogens is 1. The van der Waals surface area contributed by atoms with Gasteiger partial charge in [0.05, 0.1) is 11.0 Å². The van der Waals surface area contributed by atoms with Gasteiger partial charge in [-0.05, 0) is 40.2 Å². The Morgan fingerprint density at radius 1 is 0.885 bits per heavy atom. The zero-order valence-electron chi connectivity index (χ0n) is 13.4. The fraction of sp³-hybridized carbons (Fsp3) is 0. The molecule has 0 saturated heterocycles. The number of hydrogen-bond acceptors (Lipinski definition) is 5. The van der Waals surface area contributed by atoms with Crippen LogP contribution in [0.2, 0.25) is 0 Å². The number of anilines is 1. The molecular formula is C19H13BrN4O2. The van der Waals surface area contributed by atoms with Crippen molar-refractivity contribution in [3.8, 4) is 11.3 Å². The maximum atomic E-state index is 12.2. The largest absolute Gasteiger partial charge is 0.444 e. The lowest BCUT2D eigenvalue weighted by atomic mass is 10.1. The number of rotatable bonds is 4. The number of amides is 1. The Labute approximate surface area is 157 Å². The number of nitrogens with one attached hydrogen (secondary N) is 2. The number of hydrogen-bond donors (Lipinski definition) is 2. The van der Waals surface area contributed by atoms with Gasteiger partial charge in [-0.1, -0.05) is 42.5 Å². The summed E-state index contributed by atoms with van der Waals surface area (Å²) in [6.07, 6.45) is 0. The Morgan fingerprint density at radius 2 is 1.58 bits per heavy atom. The van der Waals surface area contributed by atoms with Crippen molar-refractivity contribution in [2.24, 2.45) is 0 Å². The van der Waals surface area contributed by atoms with Crippen LogP contribution in [0.15, 0.2) is 75.8 Å². The molecule has 0 saturated carbocycles. The average Bonchev–Trinajstić information content (AvgIpc) is 3.12. The van der Waals surface area contributed by atoms with E-state index >= 15 is 0 Å². The van der Waals surface area contributed by atoms with Crippen molar-refractivity contribution in [3.05, 3.63) is 77.2 Å². The van der Waals surface area contributed by atoms with Gasteiger partial charge in [0, 0.05) is 5.56 Å². The standard InChI is InChI=1S/C19H13BrN4O2/c20-16-11-10-15(26-16)19(25)24-23-18-17(12-6-2-1-3-7-12)21-13-8-4-5-9-14(13)22-18/h1-11H,(H,22,23)(H,24,25). The van der Waals surface area contributed by atoms with Crippen LogP contribution in [0.25, 0.3) is 22.3 Å². The van der Waals surface area contributed by atoms with Gasteiger partial charge in [0.25, 0.3) is 0 Å². The molecule has 128 valence electrons. The molecule has 0 aliphatic rings. The Balaban J connectivity index is 1.69. The second-order valence-corrected chi connectivity index (χ2v) is 6.24. The number of carbonyl (C=O) groups is 1. The summed E-state index contributed by atoms with van der Waals surface area (Å²) < 4.78 is 5.73. The molecule has 7 heteroatoms. The monoisotopic (exact) mass is 408 g/mol. The van der Waals surface area contributed by atoms with Gasteiger partial charge in [-0.25, -0.2) is 9.97 Å². The summed E-state index contributed by atoms with van der Waals surface area (Å²) >= 11 is 3.18. The number of carbonyl (C=O) groups excluding carboxylic acids is 1. The molecule has 2 aromatic heterocycles. The number of fused-ring (bicyclic) bond motifs is 1. The van der Waals surface area contributed by atoms with Crippen LogP contribution in [0.3, 0.4) is 0 Å². The molecule has 0 spiro atoms. The summed E-state index contributed by atoms with van der Waals surface area (Å²) in [5.74, 6) is 0.220. The van der Waals surface area contributed by atoms with Crippen LogP contribution in [0.4, 0.5) is 5.82 Å². The second-order valence-electron chi connectivity index (χ2n) is 5.46. The number of nitrogens with zero attached hydrogens (tertiary/aromatic N) is 2. The summed E-state index contributed by atoms with van der Waals surface area (Å²) in [5.41, 5.74) is 8.50. The normalized spacial score (nSPS) is 10.7. The highest BCUT2D eigenvalue weighted by Crippen LogP contribution is 2.26. The number of para-hydroxylation sites is 2. The third kappa shape index (κ3) is 3.29. The second kappa shape index (κ2) is 6.97. The van der Waals surface area contributed by atoms with E-state index in [0.29, 0.717) is 16.2 Å². The van der Waals surface area contributed by atoms with Crippen LogP contribution in [0.5, 0.6) is 0 Å². The first-order valence-electron chi connectivity index (χ1n) is 7.84. The third-order valence-corrected chi connectivity index (χ3v) is 4.14. The fourth-order valence-electron chi connectivity index (χ4n) is 2.50. The molecule has 0 radical (unpaired) electrons. The lowest BCUT2D eigenvalue weighted by Gasteiger charge is -2.12. The molecule has 0 unspecified atom stereocenters. The zero-order valence-corrected chi connectivity index (χ0v) is 15.0. The summed E-state index contributed by atoms with van der Waals surface area (Å²) in [7, 11) is 0. The zero-order chi connectivity index (χ0) is 17.9. The van der Waals surface area contributed by atoms with E-state index in [4.69, 9.17) is 9.40 Å². The van der Waals surface area contributed by atoms with Gasteiger partial charge in [-0.2, -0.15) is 0 Å². The molecule has 0 aliphatic heterocycles. The Kier molecular flexibility index (Phi) is 4.37. The highest BCUT2D eigenvalue weighted by atomic mass is 79.9. The molecule has 4 rings (SSSR count). The lowest BCUT2D eigenvalue weighted by molar-refractivity contribution is 0.0934. The van der Waals surface area contributed by atoms with E-state index in [1.54, 1.807) is 12.1 Å². The Bertz CT molecular complexity index is 1080. The predicted octanol–water partition coefficient (Wildman–Crippen LogP) is 4.41. The number of hydrazine groups is 1. The van der Waals surface area contributed by atoms with Gasteiger partial charge in [0.2, 0.25) is 0 Å². The molecule has 2 heterocycles. The van der Waals surface area contributed by atoms with E-state index in [1.165, 1.54) is 0 Å². The van der Waals surface area contributed by atoms with Gasteiger partial charge in [-0.3, -0.25) is 15.6 Å². The third-order valence-electron chi connectivity index (χ3n) is 3.71. The highest BCUT2D eigenvalue weighted by molar-refractivity contribution is 9.10. The number of aromatic nitrogens is 2. The van der Waals surface area contributed by atoms with Crippen molar-refractivity contribution in [2.45, 2.75) is 0 Å². The van der Waals surface area contributed by atoms with Gasteiger partial charge in [0.15, 0.2) is 16.2 Å². The van der Waals surface area contributed by atoms with Crippen molar-refractivity contribution in [1.29, 1.82) is 0 Å². The molecular weight excluding hydrogens is 396 g/mol.